The van der Waals surface area contributed by atoms with Crippen LogP contribution in [0.5, 0.6) is 0 Å². The van der Waals surface area contributed by atoms with Crippen molar-refractivity contribution in [3.05, 3.63) is 18.2 Å². The van der Waals surface area contributed by atoms with Gasteiger partial charge in [-0.25, -0.2) is 9.66 Å². The number of unbranched alkanes of at least 4 members (excludes halogenated alkanes) is 5. The van der Waals surface area contributed by atoms with Crippen molar-refractivity contribution in [3.8, 4) is 0 Å². The first-order valence-electron chi connectivity index (χ1n) is 6.53. The van der Waals surface area contributed by atoms with Gasteiger partial charge in [-0.3, -0.25) is 4.79 Å². The zero-order valence-electron chi connectivity index (χ0n) is 10.9. The molecule has 0 unspecified atom stereocenters. The largest absolute Gasteiger partial charge is 0.324 e. The van der Waals surface area contributed by atoms with Gasteiger partial charge in [0.2, 0.25) is 0 Å². The quantitative estimate of drug-likeness (QED) is 0.530. The number of ketones is 1. The molecule has 0 aromatic carbocycles. The average Bonchev–Trinajstić information content (AvgIpc) is 2.76. The summed E-state index contributed by atoms with van der Waals surface area (Å²) < 4.78 is 1.72. The maximum atomic E-state index is 11.2. The molecule has 0 amide bonds. The second-order valence-electron chi connectivity index (χ2n) is 4.38. The molecular formula is C13H23N3O. The summed E-state index contributed by atoms with van der Waals surface area (Å²) in [6.07, 6.45) is 10.9. The van der Waals surface area contributed by atoms with Gasteiger partial charge in [0.1, 0.15) is 12.0 Å². The zero-order valence-corrected chi connectivity index (χ0v) is 10.9. The van der Waals surface area contributed by atoms with Crippen molar-refractivity contribution in [2.24, 2.45) is 0 Å². The second kappa shape index (κ2) is 7.87. The molecule has 0 aliphatic rings. The summed E-state index contributed by atoms with van der Waals surface area (Å²) in [4.78, 5) is 15.2. The maximum Gasteiger partial charge on any atom is 0.179 e. The topological polar surface area (TPSA) is 46.9 Å². The molecule has 0 saturated carbocycles. The fraction of sp³-hybridized carbons (Fsp3) is 0.692. The van der Waals surface area contributed by atoms with Crippen LogP contribution in [-0.4, -0.2) is 22.0 Å². The maximum absolute atomic E-state index is 11.2. The summed E-state index contributed by atoms with van der Waals surface area (Å²) in [6.45, 7) is 4.67. The molecule has 1 heterocycles. The van der Waals surface area contributed by atoms with Gasteiger partial charge >= 0.3 is 0 Å². The third-order valence-electron chi connectivity index (χ3n) is 2.81. The standard InChI is InChI=1S/C13H23N3O/c1-3-4-5-6-7-8-9-15-16-11-14-10-13(16)12(2)17/h10-11,15H,3-9H2,1-2H3. The monoisotopic (exact) mass is 237 g/mol. The SMILES string of the molecule is CCCCCCCCNn1cncc1C(C)=O. The van der Waals surface area contributed by atoms with E-state index in [1.165, 1.54) is 32.1 Å². The number of aromatic nitrogens is 2. The molecule has 0 saturated heterocycles. The zero-order chi connectivity index (χ0) is 12.5. The van der Waals surface area contributed by atoms with Crippen LogP contribution in [0.25, 0.3) is 0 Å². The van der Waals surface area contributed by atoms with Crippen molar-refractivity contribution >= 4 is 5.78 Å². The summed E-state index contributed by atoms with van der Waals surface area (Å²) >= 11 is 0. The first-order valence-corrected chi connectivity index (χ1v) is 6.53. The minimum atomic E-state index is 0.0398. The molecule has 4 nitrogen and oxygen atoms in total. The van der Waals surface area contributed by atoms with E-state index in [0.717, 1.165) is 13.0 Å². The number of rotatable bonds is 9. The van der Waals surface area contributed by atoms with Crippen LogP contribution in [0.4, 0.5) is 0 Å². The van der Waals surface area contributed by atoms with Crippen molar-refractivity contribution in [2.75, 3.05) is 12.0 Å². The molecule has 0 fully saturated rings. The number of nitrogens with zero attached hydrogens (tertiary/aromatic N) is 2. The fourth-order valence-electron chi connectivity index (χ4n) is 1.79. The molecule has 0 aliphatic heterocycles. The number of imidazole rings is 1. The molecule has 1 rings (SSSR count). The van der Waals surface area contributed by atoms with Crippen molar-refractivity contribution in [1.29, 1.82) is 0 Å². The second-order valence-corrected chi connectivity index (χ2v) is 4.38. The Labute approximate surface area is 103 Å². The van der Waals surface area contributed by atoms with Gasteiger partial charge < -0.3 is 5.43 Å². The summed E-state index contributed by atoms with van der Waals surface area (Å²) in [5, 5.41) is 0. The van der Waals surface area contributed by atoms with E-state index in [2.05, 4.69) is 17.3 Å². The predicted molar refractivity (Wildman–Crippen MR) is 69.8 cm³/mol. The molecule has 1 aromatic rings. The van der Waals surface area contributed by atoms with Crippen LogP contribution in [0.15, 0.2) is 12.5 Å². The summed E-state index contributed by atoms with van der Waals surface area (Å²) in [7, 11) is 0. The van der Waals surface area contributed by atoms with Crippen LogP contribution >= 0.6 is 0 Å². The van der Waals surface area contributed by atoms with E-state index in [-0.39, 0.29) is 5.78 Å². The highest BCUT2D eigenvalue weighted by Gasteiger charge is 2.05. The van der Waals surface area contributed by atoms with Gasteiger partial charge in [-0.15, -0.1) is 0 Å². The lowest BCUT2D eigenvalue weighted by atomic mass is 10.1. The van der Waals surface area contributed by atoms with E-state index in [0.29, 0.717) is 5.69 Å². The van der Waals surface area contributed by atoms with Gasteiger partial charge in [-0.2, -0.15) is 0 Å². The van der Waals surface area contributed by atoms with Crippen LogP contribution in [0.1, 0.15) is 62.9 Å². The smallest absolute Gasteiger partial charge is 0.179 e. The third-order valence-corrected chi connectivity index (χ3v) is 2.81. The van der Waals surface area contributed by atoms with Gasteiger partial charge in [0.25, 0.3) is 0 Å². The molecule has 0 spiro atoms. The van der Waals surface area contributed by atoms with E-state index in [9.17, 15) is 4.79 Å². The molecule has 0 radical (unpaired) electrons. The lowest BCUT2D eigenvalue weighted by Gasteiger charge is -2.09. The Hall–Kier alpha value is -1.32. The lowest BCUT2D eigenvalue weighted by Crippen LogP contribution is -2.19. The number of hydrogen-bond acceptors (Lipinski definition) is 3. The summed E-state index contributed by atoms with van der Waals surface area (Å²) in [5.74, 6) is 0.0398. The first-order chi connectivity index (χ1) is 8.25. The minimum absolute atomic E-state index is 0.0398. The molecule has 0 aliphatic carbocycles. The normalized spacial score (nSPS) is 10.5. The number of Topliss-reactive ketones (excluding diaryl/α,β-unsaturated/α-hetero) is 1. The number of carbonyl (C=O) groups excluding carboxylic acids is 1. The number of nitrogens with one attached hydrogen (secondary N) is 1. The Morgan fingerprint density at radius 1 is 1.29 bits per heavy atom. The van der Waals surface area contributed by atoms with E-state index in [1.54, 1.807) is 24.1 Å². The minimum Gasteiger partial charge on any atom is -0.324 e. The van der Waals surface area contributed by atoms with Gasteiger partial charge in [0, 0.05) is 13.5 Å². The van der Waals surface area contributed by atoms with Crippen molar-refractivity contribution in [3.63, 3.8) is 0 Å². The predicted octanol–water partition coefficient (Wildman–Crippen LogP) is 2.99. The van der Waals surface area contributed by atoms with Crippen molar-refractivity contribution in [1.82, 2.24) is 9.66 Å². The Bertz CT molecular complexity index is 333. The van der Waals surface area contributed by atoms with Crippen molar-refractivity contribution < 1.29 is 4.79 Å². The Morgan fingerprint density at radius 2 is 2.00 bits per heavy atom. The van der Waals surface area contributed by atoms with Crippen LogP contribution in [0.3, 0.4) is 0 Å². The van der Waals surface area contributed by atoms with Gasteiger partial charge in [0.15, 0.2) is 5.78 Å². The van der Waals surface area contributed by atoms with E-state index in [4.69, 9.17) is 0 Å². The molecule has 0 bridgehead atoms. The Morgan fingerprint density at radius 3 is 2.71 bits per heavy atom. The Kier molecular flexibility index (Phi) is 6.37. The van der Waals surface area contributed by atoms with Gasteiger partial charge in [-0.05, 0) is 6.42 Å². The molecule has 0 atom stereocenters. The average molecular weight is 237 g/mol. The third kappa shape index (κ3) is 5.02. The Balaban J connectivity index is 2.14. The van der Waals surface area contributed by atoms with Crippen LogP contribution in [0.2, 0.25) is 0 Å². The van der Waals surface area contributed by atoms with E-state index >= 15 is 0 Å². The lowest BCUT2D eigenvalue weighted by molar-refractivity contribution is 0.101. The van der Waals surface area contributed by atoms with Gasteiger partial charge in [-0.1, -0.05) is 39.0 Å². The summed E-state index contributed by atoms with van der Waals surface area (Å²) in [5.41, 5.74) is 3.82. The molecule has 96 valence electrons. The number of hydrogen-bond donors (Lipinski definition) is 1. The highest BCUT2D eigenvalue weighted by atomic mass is 16.1. The molecule has 4 heteroatoms. The van der Waals surface area contributed by atoms with Crippen LogP contribution in [0, 0.1) is 0 Å². The van der Waals surface area contributed by atoms with Crippen LogP contribution < -0.4 is 5.43 Å². The van der Waals surface area contributed by atoms with Crippen LogP contribution in [-0.2, 0) is 0 Å². The highest BCUT2D eigenvalue weighted by Crippen LogP contribution is 2.04. The summed E-state index contributed by atoms with van der Waals surface area (Å²) in [6, 6.07) is 0. The molecule has 1 N–H and O–H groups in total. The first kappa shape index (κ1) is 13.7. The van der Waals surface area contributed by atoms with Crippen molar-refractivity contribution in [2.45, 2.75) is 52.4 Å². The highest BCUT2D eigenvalue weighted by molar-refractivity contribution is 5.92. The molecule has 1 aromatic heterocycles. The fourth-order valence-corrected chi connectivity index (χ4v) is 1.79. The molecule has 17 heavy (non-hydrogen) atoms. The van der Waals surface area contributed by atoms with E-state index in [1.807, 2.05) is 0 Å². The number of carbonyl (C=O) groups is 1. The van der Waals surface area contributed by atoms with Gasteiger partial charge in [0.05, 0.1) is 6.20 Å². The molecular weight excluding hydrogens is 214 g/mol. The van der Waals surface area contributed by atoms with E-state index < -0.39 is 0 Å².